The predicted molar refractivity (Wildman–Crippen MR) is 103 cm³/mol. The van der Waals surface area contributed by atoms with E-state index in [2.05, 4.69) is 17.2 Å². The van der Waals surface area contributed by atoms with Gasteiger partial charge in [-0.2, -0.15) is 0 Å². The highest BCUT2D eigenvalue weighted by Gasteiger charge is 2.04. The highest BCUT2D eigenvalue weighted by atomic mass is 35.5. The highest BCUT2D eigenvalue weighted by Crippen LogP contribution is 2.23. The molecule has 0 spiro atoms. The zero-order valence-electron chi connectivity index (χ0n) is 14.4. The topological polar surface area (TPSA) is 58.0 Å². The monoisotopic (exact) mass is 367 g/mol. The van der Waals surface area contributed by atoms with Crippen LogP contribution >= 0.6 is 23.2 Å². The molecule has 0 saturated heterocycles. The molecule has 0 bridgehead atoms. The van der Waals surface area contributed by atoms with Gasteiger partial charge in [0.15, 0.2) is 0 Å². The molecule has 0 aliphatic rings. The predicted octanol–water partition coefficient (Wildman–Crippen LogP) is 5.38. The largest absolute Gasteiger partial charge is 0.496 e. The van der Waals surface area contributed by atoms with Crippen molar-refractivity contribution in [1.29, 1.82) is 5.41 Å². The van der Waals surface area contributed by atoms with Crippen LogP contribution < -0.4 is 10.1 Å². The van der Waals surface area contributed by atoms with E-state index in [9.17, 15) is 0 Å². The number of nitrogens with zero attached hydrogens (tertiary/aromatic N) is 1. The molecule has 4 nitrogen and oxygen atoms in total. The number of aromatic nitrogens is 1. The summed E-state index contributed by atoms with van der Waals surface area (Å²) in [6, 6.07) is 7.46. The van der Waals surface area contributed by atoms with E-state index in [1.54, 1.807) is 20.2 Å². The minimum atomic E-state index is 0.447. The Hall–Kier alpha value is -1.78. The first-order valence-electron chi connectivity index (χ1n) is 7.64. The minimum Gasteiger partial charge on any atom is -0.496 e. The lowest BCUT2D eigenvalue weighted by Gasteiger charge is -2.06. The molecule has 1 aromatic carbocycles. The van der Waals surface area contributed by atoms with Crippen molar-refractivity contribution < 1.29 is 4.74 Å². The molecule has 6 heteroatoms. The summed E-state index contributed by atoms with van der Waals surface area (Å²) in [5, 5.41) is 11.3. The molecule has 2 rings (SSSR count). The van der Waals surface area contributed by atoms with Gasteiger partial charge < -0.3 is 15.5 Å². The van der Waals surface area contributed by atoms with E-state index >= 15 is 0 Å². The quantitative estimate of drug-likeness (QED) is 0.550. The fourth-order valence-electron chi connectivity index (χ4n) is 2.23. The van der Waals surface area contributed by atoms with Gasteiger partial charge in [0.1, 0.15) is 16.7 Å². The average molecular weight is 368 g/mol. The molecule has 2 aromatic rings. The third-order valence-corrected chi connectivity index (χ3v) is 3.81. The maximum absolute atomic E-state index is 7.15. The molecule has 0 radical (unpaired) electrons. The zero-order chi connectivity index (χ0) is 18.1. The fraction of sp³-hybridized carbons (Fsp3) is 0.333. The van der Waals surface area contributed by atoms with Crippen LogP contribution in [-0.4, -0.2) is 25.4 Å². The zero-order valence-corrected chi connectivity index (χ0v) is 15.9. The first-order chi connectivity index (χ1) is 11.5. The highest BCUT2D eigenvalue weighted by molar-refractivity contribution is 6.30. The lowest BCUT2D eigenvalue weighted by atomic mass is 10.1. The summed E-state index contributed by atoms with van der Waals surface area (Å²) in [4.78, 5) is 4.03. The molecule has 0 amide bonds. The van der Waals surface area contributed by atoms with Gasteiger partial charge >= 0.3 is 0 Å². The van der Waals surface area contributed by atoms with Gasteiger partial charge in [-0.25, -0.2) is 4.98 Å². The van der Waals surface area contributed by atoms with Gasteiger partial charge in [0.2, 0.25) is 0 Å². The van der Waals surface area contributed by atoms with Crippen LogP contribution in [0.2, 0.25) is 10.2 Å². The average Bonchev–Trinajstić information content (AvgIpc) is 2.55. The molecule has 1 aromatic heterocycles. The number of benzene rings is 1. The second-order valence-corrected chi connectivity index (χ2v) is 5.95. The van der Waals surface area contributed by atoms with Gasteiger partial charge in [0.05, 0.1) is 7.11 Å². The Morgan fingerprint density at radius 2 is 2.00 bits per heavy atom. The first kappa shape index (κ1) is 20.3. The number of methoxy groups -OCH3 is 1. The number of hydrogen-bond donors (Lipinski definition) is 2. The fourth-order valence-corrected chi connectivity index (χ4v) is 2.67. The van der Waals surface area contributed by atoms with Crippen LogP contribution in [0.15, 0.2) is 24.3 Å². The molecule has 0 saturated carbocycles. The summed E-state index contributed by atoms with van der Waals surface area (Å²) in [5.74, 6) is 1.58. The van der Waals surface area contributed by atoms with Crippen molar-refractivity contribution in [2.75, 3.05) is 19.5 Å². The molecule has 0 aliphatic carbocycles. The second-order valence-electron chi connectivity index (χ2n) is 5.12. The molecule has 1 heterocycles. The molecular formula is C18H23Cl2N3O. The third-order valence-electron chi connectivity index (χ3n) is 3.38. The first-order valence-corrected chi connectivity index (χ1v) is 8.40. The van der Waals surface area contributed by atoms with E-state index < -0.39 is 0 Å². The summed E-state index contributed by atoms with van der Waals surface area (Å²) in [5.41, 5.74) is 2.92. The summed E-state index contributed by atoms with van der Waals surface area (Å²) in [6.07, 6.45) is 3.39. The molecule has 24 heavy (non-hydrogen) atoms. The molecule has 130 valence electrons. The second kappa shape index (κ2) is 10.2. The normalized spacial score (nSPS) is 9.75. The van der Waals surface area contributed by atoms with E-state index in [0.29, 0.717) is 11.0 Å². The molecule has 0 unspecified atom stereocenters. The SMILES string of the molecule is CCCc1cc(Cl)ccc1OC.CNc1nc(Cl)cc(C)c1C=N. The lowest BCUT2D eigenvalue weighted by molar-refractivity contribution is 0.409. The smallest absolute Gasteiger partial charge is 0.136 e. The molecular weight excluding hydrogens is 345 g/mol. The Morgan fingerprint density at radius 1 is 1.29 bits per heavy atom. The number of hydrogen-bond acceptors (Lipinski definition) is 4. The summed E-state index contributed by atoms with van der Waals surface area (Å²) >= 11 is 11.6. The molecule has 0 atom stereocenters. The van der Waals surface area contributed by atoms with Crippen LogP contribution in [-0.2, 0) is 6.42 Å². The van der Waals surface area contributed by atoms with Crippen molar-refractivity contribution >= 4 is 35.2 Å². The van der Waals surface area contributed by atoms with Crippen molar-refractivity contribution in [3.8, 4) is 5.75 Å². The Bertz CT molecular complexity index is 690. The van der Waals surface area contributed by atoms with Gasteiger partial charge in [-0.05, 0) is 48.7 Å². The Morgan fingerprint density at radius 3 is 2.54 bits per heavy atom. The Labute approximate surface area is 153 Å². The maximum atomic E-state index is 7.15. The molecule has 0 fully saturated rings. The van der Waals surface area contributed by atoms with Crippen molar-refractivity contribution in [2.45, 2.75) is 26.7 Å². The van der Waals surface area contributed by atoms with Crippen molar-refractivity contribution in [3.05, 3.63) is 51.1 Å². The Balaban J connectivity index is 0.000000240. The Kier molecular flexibility index (Phi) is 8.58. The summed E-state index contributed by atoms with van der Waals surface area (Å²) in [6.45, 7) is 4.04. The van der Waals surface area contributed by atoms with E-state index in [1.807, 2.05) is 25.1 Å². The number of ether oxygens (including phenoxy) is 1. The van der Waals surface area contributed by atoms with E-state index in [0.717, 1.165) is 34.7 Å². The van der Waals surface area contributed by atoms with Crippen LogP contribution in [0.25, 0.3) is 0 Å². The number of aryl methyl sites for hydroxylation is 2. The van der Waals surface area contributed by atoms with Gasteiger partial charge in [-0.3, -0.25) is 0 Å². The number of halogens is 2. The summed E-state index contributed by atoms with van der Waals surface area (Å²) < 4.78 is 5.19. The van der Waals surface area contributed by atoms with Crippen molar-refractivity contribution in [3.63, 3.8) is 0 Å². The van der Waals surface area contributed by atoms with Crippen LogP contribution in [0.1, 0.15) is 30.0 Å². The summed E-state index contributed by atoms with van der Waals surface area (Å²) in [7, 11) is 3.44. The molecule has 0 aliphatic heterocycles. The standard InChI is InChI=1S/C10H13ClO.C8H10ClN3/c1-3-4-8-7-9(11)5-6-10(8)12-2;1-5-3-7(9)12-8(11-2)6(5)4-10/h5-7H,3-4H2,1-2H3;3-4,10H,1-2H3,(H,11,12). The number of rotatable bonds is 5. The van der Waals surface area contributed by atoms with Gasteiger partial charge in [0.25, 0.3) is 0 Å². The minimum absolute atomic E-state index is 0.447. The van der Waals surface area contributed by atoms with Gasteiger partial charge in [-0.15, -0.1) is 0 Å². The maximum Gasteiger partial charge on any atom is 0.136 e. The van der Waals surface area contributed by atoms with Crippen LogP contribution in [0, 0.1) is 12.3 Å². The number of nitrogens with one attached hydrogen (secondary N) is 2. The number of pyridine rings is 1. The van der Waals surface area contributed by atoms with Crippen molar-refractivity contribution in [1.82, 2.24) is 4.98 Å². The third kappa shape index (κ3) is 5.69. The number of anilines is 1. The van der Waals surface area contributed by atoms with Crippen LogP contribution in [0.4, 0.5) is 5.82 Å². The van der Waals surface area contributed by atoms with Crippen molar-refractivity contribution in [2.24, 2.45) is 0 Å². The van der Waals surface area contributed by atoms with Crippen LogP contribution in [0.3, 0.4) is 0 Å². The van der Waals surface area contributed by atoms with Gasteiger partial charge in [-0.1, -0.05) is 36.5 Å². The van der Waals surface area contributed by atoms with Crippen LogP contribution in [0.5, 0.6) is 5.75 Å². The molecule has 2 N–H and O–H groups in total. The van der Waals surface area contributed by atoms with E-state index in [4.69, 9.17) is 33.3 Å². The van der Waals surface area contributed by atoms with Gasteiger partial charge in [0, 0.05) is 23.8 Å². The lowest BCUT2D eigenvalue weighted by Crippen LogP contribution is -2.00. The van der Waals surface area contributed by atoms with E-state index in [-0.39, 0.29) is 0 Å². The van der Waals surface area contributed by atoms with E-state index in [1.165, 1.54) is 11.8 Å².